The summed E-state index contributed by atoms with van der Waals surface area (Å²) < 4.78 is 5.21. The highest BCUT2D eigenvalue weighted by Gasteiger charge is 2.14. The summed E-state index contributed by atoms with van der Waals surface area (Å²) in [4.78, 5) is 6.59. The van der Waals surface area contributed by atoms with Gasteiger partial charge < -0.3 is 14.7 Å². The molecule has 0 aliphatic heterocycles. The number of hydrogen-bond donors (Lipinski definition) is 1. The van der Waals surface area contributed by atoms with Crippen LogP contribution in [0, 0.1) is 0 Å². The number of aliphatic hydroxyl groups excluding tert-OH is 1. The van der Waals surface area contributed by atoms with Crippen LogP contribution in [0.25, 0.3) is 10.9 Å². The lowest BCUT2D eigenvalue weighted by Crippen LogP contribution is -2.32. The molecule has 0 saturated heterocycles. The van der Waals surface area contributed by atoms with Crippen molar-refractivity contribution in [1.29, 1.82) is 0 Å². The van der Waals surface area contributed by atoms with Crippen LogP contribution >= 0.6 is 0 Å². The van der Waals surface area contributed by atoms with Crippen molar-refractivity contribution in [3.63, 3.8) is 0 Å². The topological polar surface area (TPSA) is 45.6 Å². The molecule has 1 aromatic heterocycles. The van der Waals surface area contributed by atoms with Crippen molar-refractivity contribution in [2.45, 2.75) is 19.6 Å². The number of hydrogen-bond acceptors (Lipinski definition) is 4. The van der Waals surface area contributed by atoms with E-state index in [4.69, 9.17) is 4.74 Å². The minimum Gasteiger partial charge on any atom is -0.390 e. The number of para-hydroxylation sites is 1. The monoisotopic (exact) mass is 260 g/mol. The van der Waals surface area contributed by atoms with Gasteiger partial charge in [-0.3, -0.25) is 4.98 Å². The Bertz CT molecular complexity index is 557. The molecule has 0 saturated carbocycles. The van der Waals surface area contributed by atoms with Crippen molar-refractivity contribution < 1.29 is 9.84 Å². The highest BCUT2D eigenvalue weighted by atomic mass is 16.5. The maximum Gasteiger partial charge on any atom is 0.0854 e. The number of rotatable bonds is 5. The number of anilines is 1. The van der Waals surface area contributed by atoms with Crippen molar-refractivity contribution in [3.05, 3.63) is 36.0 Å². The second kappa shape index (κ2) is 5.99. The fourth-order valence-electron chi connectivity index (χ4n) is 2.17. The molecular weight excluding hydrogens is 240 g/mol. The number of aromatic nitrogens is 1. The Kier molecular flexibility index (Phi) is 4.35. The predicted octanol–water partition coefficient (Wildman–Crippen LogP) is 2.20. The summed E-state index contributed by atoms with van der Waals surface area (Å²) in [6, 6.07) is 10.2. The maximum atomic E-state index is 9.34. The van der Waals surface area contributed by atoms with E-state index in [0.717, 1.165) is 16.6 Å². The first-order valence-corrected chi connectivity index (χ1v) is 6.38. The molecule has 1 aromatic carbocycles. The van der Waals surface area contributed by atoms with Crippen LogP contribution in [0.15, 0.2) is 30.3 Å². The zero-order valence-corrected chi connectivity index (χ0v) is 11.6. The summed E-state index contributed by atoms with van der Waals surface area (Å²) in [5.74, 6) is 0. The SMILES string of the molecule is COCC(C)N(C)c1cc(CO)nc2ccccc12. The average molecular weight is 260 g/mol. The second-order valence-corrected chi connectivity index (χ2v) is 4.72. The normalized spacial score (nSPS) is 12.6. The molecule has 102 valence electrons. The van der Waals surface area contributed by atoms with Crippen LogP contribution in [0.4, 0.5) is 5.69 Å². The molecule has 0 spiro atoms. The van der Waals surface area contributed by atoms with E-state index in [2.05, 4.69) is 22.9 Å². The fourth-order valence-corrected chi connectivity index (χ4v) is 2.17. The van der Waals surface area contributed by atoms with Gasteiger partial charge >= 0.3 is 0 Å². The van der Waals surface area contributed by atoms with Gasteiger partial charge in [0, 0.05) is 31.3 Å². The van der Waals surface area contributed by atoms with Gasteiger partial charge in [0.15, 0.2) is 0 Å². The lowest BCUT2D eigenvalue weighted by Gasteiger charge is -2.28. The number of aliphatic hydroxyl groups is 1. The lowest BCUT2D eigenvalue weighted by atomic mass is 10.1. The van der Waals surface area contributed by atoms with E-state index in [0.29, 0.717) is 12.3 Å². The van der Waals surface area contributed by atoms with Gasteiger partial charge in [-0.2, -0.15) is 0 Å². The molecule has 19 heavy (non-hydrogen) atoms. The molecule has 1 N–H and O–H groups in total. The van der Waals surface area contributed by atoms with Crippen LogP contribution in [0.3, 0.4) is 0 Å². The number of likely N-dealkylation sites (N-methyl/N-ethyl adjacent to an activating group) is 1. The quantitative estimate of drug-likeness (QED) is 0.895. The molecular formula is C15H20N2O2. The van der Waals surface area contributed by atoms with Gasteiger partial charge in [-0.1, -0.05) is 18.2 Å². The Morgan fingerprint density at radius 1 is 1.37 bits per heavy atom. The molecule has 2 aromatic rings. The van der Waals surface area contributed by atoms with Crippen LogP contribution in [0.2, 0.25) is 0 Å². The molecule has 4 heteroatoms. The molecule has 0 aliphatic rings. The molecule has 4 nitrogen and oxygen atoms in total. The summed E-state index contributed by atoms with van der Waals surface area (Å²) in [6.45, 7) is 2.71. The third kappa shape index (κ3) is 2.85. The van der Waals surface area contributed by atoms with Gasteiger partial charge in [0.2, 0.25) is 0 Å². The average Bonchev–Trinajstić information content (AvgIpc) is 2.45. The summed E-state index contributed by atoms with van der Waals surface area (Å²) in [5, 5.41) is 10.4. The minimum absolute atomic E-state index is 0.0513. The Morgan fingerprint density at radius 3 is 2.79 bits per heavy atom. The smallest absolute Gasteiger partial charge is 0.0854 e. The Hall–Kier alpha value is -1.65. The molecule has 0 fully saturated rings. The second-order valence-electron chi connectivity index (χ2n) is 4.72. The van der Waals surface area contributed by atoms with Gasteiger partial charge in [0.25, 0.3) is 0 Å². The van der Waals surface area contributed by atoms with Crippen LogP contribution in [0.5, 0.6) is 0 Å². The molecule has 0 aliphatic carbocycles. The van der Waals surface area contributed by atoms with E-state index < -0.39 is 0 Å². The maximum absolute atomic E-state index is 9.34. The van der Waals surface area contributed by atoms with E-state index >= 15 is 0 Å². The number of fused-ring (bicyclic) bond motifs is 1. The summed E-state index contributed by atoms with van der Waals surface area (Å²) in [6.07, 6.45) is 0. The Morgan fingerprint density at radius 2 is 2.11 bits per heavy atom. The van der Waals surface area contributed by atoms with E-state index in [1.54, 1.807) is 7.11 Å². The van der Waals surface area contributed by atoms with Crippen LogP contribution in [-0.4, -0.2) is 36.9 Å². The van der Waals surface area contributed by atoms with Gasteiger partial charge in [-0.15, -0.1) is 0 Å². The molecule has 1 unspecified atom stereocenters. The highest BCUT2D eigenvalue weighted by molar-refractivity contribution is 5.92. The van der Waals surface area contributed by atoms with Crippen molar-refractivity contribution >= 4 is 16.6 Å². The minimum atomic E-state index is -0.0513. The molecule has 1 atom stereocenters. The molecule has 0 amide bonds. The summed E-state index contributed by atoms with van der Waals surface area (Å²) in [5.41, 5.74) is 2.66. The van der Waals surface area contributed by atoms with Crippen LogP contribution in [-0.2, 0) is 11.3 Å². The number of pyridine rings is 1. The number of methoxy groups -OCH3 is 1. The zero-order valence-electron chi connectivity index (χ0n) is 11.6. The third-order valence-electron chi connectivity index (χ3n) is 3.36. The van der Waals surface area contributed by atoms with Gasteiger partial charge in [0.1, 0.15) is 0 Å². The van der Waals surface area contributed by atoms with Gasteiger partial charge in [0.05, 0.1) is 24.4 Å². The summed E-state index contributed by atoms with van der Waals surface area (Å²) >= 11 is 0. The molecule has 0 bridgehead atoms. The first-order chi connectivity index (χ1) is 9.17. The van der Waals surface area contributed by atoms with Crippen molar-refractivity contribution in [1.82, 2.24) is 4.98 Å². The lowest BCUT2D eigenvalue weighted by molar-refractivity contribution is 0.183. The predicted molar refractivity (Wildman–Crippen MR) is 77.4 cm³/mol. The zero-order chi connectivity index (χ0) is 13.8. The van der Waals surface area contributed by atoms with Crippen molar-refractivity contribution in [2.75, 3.05) is 25.7 Å². The number of nitrogens with zero attached hydrogens (tertiary/aromatic N) is 2. The molecule has 1 heterocycles. The van der Waals surface area contributed by atoms with Gasteiger partial charge in [-0.25, -0.2) is 0 Å². The molecule has 0 radical (unpaired) electrons. The first kappa shape index (κ1) is 13.8. The number of benzene rings is 1. The summed E-state index contributed by atoms with van der Waals surface area (Å²) in [7, 11) is 3.74. The number of ether oxygens (including phenoxy) is 1. The van der Waals surface area contributed by atoms with Crippen molar-refractivity contribution in [2.24, 2.45) is 0 Å². The van der Waals surface area contributed by atoms with Crippen LogP contribution < -0.4 is 4.90 Å². The largest absolute Gasteiger partial charge is 0.390 e. The van der Waals surface area contributed by atoms with Crippen molar-refractivity contribution in [3.8, 4) is 0 Å². The van der Waals surface area contributed by atoms with E-state index in [9.17, 15) is 5.11 Å². The first-order valence-electron chi connectivity index (χ1n) is 6.38. The van der Waals surface area contributed by atoms with E-state index in [1.807, 2.05) is 31.3 Å². The highest BCUT2D eigenvalue weighted by Crippen LogP contribution is 2.27. The molecule has 2 rings (SSSR count). The standard InChI is InChI=1S/C15H20N2O2/c1-11(10-19-3)17(2)15-8-12(9-18)16-14-7-5-4-6-13(14)15/h4-8,11,18H,9-10H2,1-3H3. The third-order valence-corrected chi connectivity index (χ3v) is 3.36. The van der Waals surface area contributed by atoms with Gasteiger partial charge in [-0.05, 0) is 19.1 Å². The fraction of sp³-hybridized carbons (Fsp3) is 0.400. The van der Waals surface area contributed by atoms with E-state index in [1.165, 1.54) is 0 Å². The Labute approximate surface area is 113 Å². The Balaban J connectivity index is 2.51. The van der Waals surface area contributed by atoms with Crippen LogP contribution in [0.1, 0.15) is 12.6 Å². The van der Waals surface area contributed by atoms with E-state index in [-0.39, 0.29) is 12.6 Å².